The van der Waals surface area contributed by atoms with Gasteiger partial charge < -0.3 is 56.8 Å². The van der Waals surface area contributed by atoms with Gasteiger partial charge in [0.05, 0.1) is 0 Å². The van der Waals surface area contributed by atoms with Crippen molar-refractivity contribution in [3.8, 4) is 51.9 Å². The fourth-order valence-corrected chi connectivity index (χ4v) is 11.7. The highest BCUT2D eigenvalue weighted by molar-refractivity contribution is 7.24. The Labute approximate surface area is 439 Å². The number of benzene rings is 1. The van der Waals surface area contributed by atoms with Crippen LogP contribution in [0.25, 0.3) is 40.4 Å². The zero-order valence-corrected chi connectivity index (χ0v) is 44.2. The Morgan fingerprint density at radius 3 is 1.04 bits per heavy atom. The first-order valence-electron chi connectivity index (χ1n) is 22.6. The molecule has 2 fully saturated rings. The van der Waals surface area contributed by atoms with Gasteiger partial charge in [-0.3, -0.25) is 38.4 Å². The van der Waals surface area contributed by atoms with E-state index in [2.05, 4.69) is 0 Å². The lowest BCUT2D eigenvalue weighted by Crippen LogP contribution is -2.63. The summed E-state index contributed by atoms with van der Waals surface area (Å²) in [5, 5.41) is 3.85. The fraction of sp³-hybridized carbons (Fsp3) is 0.400. The van der Waals surface area contributed by atoms with Crippen molar-refractivity contribution in [2.45, 2.75) is 117 Å². The van der Waals surface area contributed by atoms with Crippen molar-refractivity contribution in [2.75, 3.05) is 13.2 Å². The molecular weight excluding hydrogens is 1050 g/mol. The Morgan fingerprint density at radius 2 is 0.730 bits per heavy atom. The number of carbonyl (C=O) groups is 8. The second kappa shape index (κ2) is 24.6. The van der Waals surface area contributed by atoms with Gasteiger partial charge in [0.2, 0.25) is 24.8 Å². The predicted octanol–water partition coefficient (Wildman–Crippen LogP) is 7.52. The summed E-state index contributed by atoms with van der Waals surface area (Å²) in [7, 11) is 0. The zero-order valence-electron chi connectivity index (χ0n) is 40.9. The SMILES string of the molecule is CC(=O)OCC1O[C@@H](Oc2cc(-c3ccc(-c4cccs4)s3)c(O[C@@H]3OC(COC(C)=O)[C@@H](OC(C)=O)C(OC(C)=O)C3OC(C)=O)cc2-c2ccc(-c3cccs3)s2)C(OC(C)=O)C(OC(C)=O)[C@@H]1OC(C)=O. The topological polar surface area (TPSA) is 247 Å². The van der Waals surface area contributed by atoms with Gasteiger partial charge in [0, 0.05) is 95.8 Å². The first-order valence-corrected chi connectivity index (χ1v) is 26.0. The highest BCUT2D eigenvalue weighted by Crippen LogP contribution is 2.49. The Kier molecular flexibility index (Phi) is 18.3. The van der Waals surface area contributed by atoms with Crippen molar-refractivity contribution < 1.29 is 95.2 Å². The van der Waals surface area contributed by atoms with Crippen LogP contribution in [0.4, 0.5) is 0 Å². The summed E-state index contributed by atoms with van der Waals surface area (Å²) in [5.74, 6) is -6.31. The molecule has 5 aromatic rings. The zero-order chi connectivity index (χ0) is 53.4. The monoisotopic (exact) mass is 1100 g/mol. The summed E-state index contributed by atoms with van der Waals surface area (Å²) in [6.07, 6.45) is -15.3. The maximum atomic E-state index is 12.9. The van der Waals surface area contributed by atoms with Crippen LogP contribution >= 0.6 is 45.3 Å². The lowest BCUT2D eigenvalue weighted by molar-refractivity contribution is -0.288. The molecule has 6 heterocycles. The van der Waals surface area contributed by atoms with Crippen LogP contribution in [0.3, 0.4) is 0 Å². The minimum absolute atomic E-state index is 0.0699. The van der Waals surface area contributed by atoms with Gasteiger partial charge in [-0.25, -0.2) is 0 Å². The van der Waals surface area contributed by atoms with Crippen LogP contribution in [0.15, 0.2) is 71.4 Å². The smallest absolute Gasteiger partial charge is 0.303 e. The van der Waals surface area contributed by atoms with Crippen molar-refractivity contribution >= 4 is 93.1 Å². The molecule has 0 N–H and O–H groups in total. The molecule has 0 radical (unpaired) electrons. The highest BCUT2D eigenvalue weighted by Gasteiger charge is 2.55. The molecule has 20 nitrogen and oxygen atoms in total. The van der Waals surface area contributed by atoms with Crippen LogP contribution in [0, 0.1) is 0 Å². The van der Waals surface area contributed by atoms with Crippen molar-refractivity contribution in [2.24, 2.45) is 0 Å². The first-order chi connectivity index (χ1) is 35.2. The van der Waals surface area contributed by atoms with Crippen molar-refractivity contribution in [1.82, 2.24) is 0 Å². The molecule has 7 rings (SSSR count). The van der Waals surface area contributed by atoms with E-state index in [1.807, 2.05) is 59.3 Å². The molecule has 1 aromatic carbocycles. The van der Waals surface area contributed by atoms with E-state index in [-0.39, 0.29) is 11.5 Å². The molecule has 0 spiro atoms. The van der Waals surface area contributed by atoms with Crippen LogP contribution in [0.5, 0.6) is 11.5 Å². The fourth-order valence-electron chi connectivity index (χ4n) is 8.03. The van der Waals surface area contributed by atoms with Crippen LogP contribution in [0.1, 0.15) is 55.4 Å². The maximum Gasteiger partial charge on any atom is 0.303 e. The van der Waals surface area contributed by atoms with E-state index in [0.29, 0.717) is 20.9 Å². The van der Waals surface area contributed by atoms with E-state index >= 15 is 0 Å². The minimum Gasteiger partial charge on any atom is -0.463 e. The minimum atomic E-state index is -1.67. The van der Waals surface area contributed by atoms with E-state index in [0.717, 1.165) is 74.9 Å². The predicted molar refractivity (Wildman–Crippen MR) is 265 cm³/mol. The quantitative estimate of drug-likeness (QED) is 0.0608. The molecule has 6 unspecified atom stereocenters. The Hall–Kier alpha value is -6.70. The van der Waals surface area contributed by atoms with Crippen LogP contribution in [-0.2, 0) is 85.7 Å². The number of hydrogen-bond donors (Lipinski definition) is 0. The van der Waals surface area contributed by atoms with E-state index in [9.17, 15) is 38.4 Å². The summed E-state index contributed by atoms with van der Waals surface area (Å²) >= 11 is 5.73. The molecule has 74 heavy (non-hydrogen) atoms. The first kappa shape index (κ1) is 55.1. The molecule has 2 saturated heterocycles. The second-order valence-corrected chi connectivity index (χ2v) is 20.6. The van der Waals surface area contributed by atoms with E-state index < -0.39 is 122 Å². The molecule has 2 aliphatic heterocycles. The molecule has 394 valence electrons. The Bertz CT molecular complexity index is 2640. The number of esters is 8. The van der Waals surface area contributed by atoms with Gasteiger partial charge in [-0.1, -0.05) is 12.1 Å². The molecule has 24 heteroatoms. The highest BCUT2D eigenvalue weighted by atomic mass is 32.1. The Balaban J connectivity index is 1.45. The van der Waals surface area contributed by atoms with Crippen LogP contribution < -0.4 is 9.47 Å². The average Bonchev–Trinajstić information content (AvgIpc) is 4.17. The van der Waals surface area contributed by atoms with E-state index in [1.165, 1.54) is 45.3 Å². The lowest BCUT2D eigenvalue weighted by Gasteiger charge is -2.44. The van der Waals surface area contributed by atoms with Gasteiger partial charge in [-0.05, 0) is 59.3 Å². The summed E-state index contributed by atoms with van der Waals surface area (Å²) in [5.41, 5.74) is 0.648. The number of carbonyl (C=O) groups excluding carboxylic acids is 8. The molecule has 0 amide bonds. The van der Waals surface area contributed by atoms with Crippen LogP contribution in [-0.4, -0.2) is 122 Å². The molecule has 0 aliphatic carbocycles. The van der Waals surface area contributed by atoms with Crippen molar-refractivity contribution in [1.29, 1.82) is 0 Å². The van der Waals surface area contributed by atoms with Gasteiger partial charge in [0.25, 0.3) is 0 Å². The third-order valence-corrected chi connectivity index (χ3v) is 15.1. The van der Waals surface area contributed by atoms with Gasteiger partial charge in [0.15, 0.2) is 24.4 Å². The number of rotatable bonds is 18. The second-order valence-electron chi connectivity index (χ2n) is 16.5. The summed E-state index contributed by atoms with van der Waals surface area (Å²) in [6.45, 7) is 7.90. The molecular formula is C50H50O20S4. The molecule has 0 saturated carbocycles. The maximum absolute atomic E-state index is 12.9. The van der Waals surface area contributed by atoms with E-state index in [1.54, 1.807) is 12.1 Å². The lowest BCUT2D eigenvalue weighted by atomic mass is 9.97. The largest absolute Gasteiger partial charge is 0.463 e. The normalized spacial score (nSPS) is 23.3. The van der Waals surface area contributed by atoms with E-state index in [4.69, 9.17) is 56.8 Å². The van der Waals surface area contributed by atoms with Gasteiger partial charge in [0.1, 0.15) is 36.9 Å². The molecule has 10 atom stereocenters. The summed E-state index contributed by atoms with van der Waals surface area (Å²) in [6, 6.07) is 18.3. The summed E-state index contributed by atoms with van der Waals surface area (Å²) in [4.78, 5) is 106. The molecule has 4 aromatic heterocycles. The number of ether oxygens (including phenoxy) is 12. The third-order valence-electron chi connectivity index (χ3n) is 10.7. The Morgan fingerprint density at radius 1 is 0.405 bits per heavy atom. The molecule has 0 bridgehead atoms. The van der Waals surface area contributed by atoms with Gasteiger partial charge in [-0.15, -0.1) is 45.3 Å². The van der Waals surface area contributed by atoms with Gasteiger partial charge in [-0.2, -0.15) is 0 Å². The average molecular weight is 1100 g/mol. The third kappa shape index (κ3) is 13.9. The standard InChI is InChI=1S/C50H50O20S4/c1-23(51)59-21-35-43(61-25(3)53)45(63-27(5)55)47(65-29(7)57)49(69-35)67-33-19-32(38-14-16-42(74-38)40-12-10-18-72-40)34(20-31(33)37-13-15-41(73-37)39-11-9-17-71-39)68-50-48(66-30(8)58)46(64-28(6)56)44(62-26(4)54)36(70-50)22-60-24(2)52/h9-20,35-36,43-50H,21-22H2,1-8H3/t35?,36?,43-,44-,45?,46?,47?,48?,49-,50-/m1/s1. The number of hydrogen-bond acceptors (Lipinski definition) is 24. The number of thiophene rings is 4. The molecule has 2 aliphatic rings. The summed E-state index contributed by atoms with van der Waals surface area (Å²) < 4.78 is 71.3. The van der Waals surface area contributed by atoms with Crippen LogP contribution in [0.2, 0.25) is 0 Å². The van der Waals surface area contributed by atoms with Gasteiger partial charge >= 0.3 is 47.8 Å². The van der Waals surface area contributed by atoms with Crippen molar-refractivity contribution in [3.63, 3.8) is 0 Å². The van der Waals surface area contributed by atoms with Crippen molar-refractivity contribution in [3.05, 3.63) is 71.4 Å².